The molecular weight excluding hydrogens is 284 g/mol. The van der Waals surface area contributed by atoms with Crippen LogP contribution in [0.25, 0.3) is 0 Å². The fourth-order valence-corrected chi connectivity index (χ4v) is 2.63. The highest BCUT2D eigenvalue weighted by molar-refractivity contribution is 7.11. The molecule has 1 aromatic heterocycles. The second-order valence-electron chi connectivity index (χ2n) is 4.26. The van der Waals surface area contributed by atoms with Crippen LogP contribution in [-0.4, -0.2) is 17.4 Å². The van der Waals surface area contributed by atoms with Crippen molar-refractivity contribution in [2.45, 2.75) is 26.9 Å². The Hall–Kier alpha value is -1.82. The van der Waals surface area contributed by atoms with E-state index in [1.54, 1.807) is 6.07 Å². The SMILES string of the molecule is Cc1nc(CC(=O)c2cccc(OC(F)F)c2)sc1C. The summed E-state index contributed by atoms with van der Waals surface area (Å²) < 4.78 is 28.5. The number of rotatable bonds is 5. The van der Waals surface area contributed by atoms with Gasteiger partial charge in [-0.25, -0.2) is 4.98 Å². The van der Waals surface area contributed by atoms with Gasteiger partial charge in [-0.2, -0.15) is 8.78 Å². The number of alkyl halides is 2. The third-order valence-corrected chi connectivity index (χ3v) is 3.84. The molecule has 106 valence electrons. The lowest BCUT2D eigenvalue weighted by Crippen LogP contribution is -2.06. The van der Waals surface area contributed by atoms with Gasteiger partial charge in [-0.3, -0.25) is 4.79 Å². The zero-order chi connectivity index (χ0) is 14.7. The molecule has 0 radical (unpaired) electrons. The molecule has 0 atom stereocenters. The van der Waals surface area contributed by atoms with E-state index in [1.807, 2.05) is 13.8 Å². The van der Waals surface area contributed by atoms with Crippen molar-refractivity contribution in [3.05, 3.63) is 45.4 Å². The van der Waals surface area contributed by atoms with Crippen molar-refractivity contribution in [1.82, 2.24) is 4.98 Å². The summed E-state index contributed by atoms with van der Waals surface area (Å²) in [5.41, 5.74) is 1.25. The van der Waals surface area contributed by atoms with Gasteiger partial charge < -0.3 is 4.74 Å². The van der Waals surface area contributed by atoms with Crippen molar-refractivity contribution in [3.8, 4) is 5.75 Å². The smallest absolute Gasteiger partial charge is 0.387 e. The highest BCUT2D eigenvalue weighted by Crippen LogP contribution is 2.20. The summed E-state index contributed by atoms with van der Waals surface area (Å²) in [5, 5.41) is 0.727. The van der Waals surface area contributed by atoms with E-state index in [9.17, 15) is 13.6 Å². The topological polar surface area (TPSA) is 39.2 Å². The maximum atomic E-state index is 12.1. The number of Topliss-reactive ketones (excluding diaryl/α,β-unsaturated/α-hetero) is 1. The highest BCUT2D eigenvalue weighted by atomic mass is 32.1. The first-order valence-electron chi connectivity index (χ1n) is 5.96. The molecule has 0 N–H and O–H groups in total. The van der Waals surface area contributed by atoms with Crippen LogP contribution in [0.15, 0.2) is 24.3 Å². The molecule has 0 amide bonds. The van der Waals surface area contributed by atoms with Gasteiger partial charge in [-0.15, -0.1) is 11.3 Å². The molecule has 20 heavy (non-hydrogen) atoms. The first-order valence-corrected chi connectivity index (χ1v) is 6.78. The number of ether oxygens (including phenoxy) is 1. The molecule has 2 aromatic rings. The standard InChI is InChI=1S/C14H13F2NO2S/c1-8-9(2)20-13(17-8)7-12(18)10-4-3-5-11(6-10)19-14(15)16/h3-6,14H,7H2,1-2H3. The average Bonchev–Trinajstić information content (AvgIpc) is 2.67. The van der Waals surface area contributed by atoms with Gasteiger partial charge in [-0.1, -0.05) is 12.1 Å². The van der Waals surface area contributed by atoms with Crippen LogP contribution in [0.5, 0.6) is 5.75 Å². The normalized spacial score (nSPS) is 10.8. The third-order valence-electron chi connectivity index (χ3n) is 2.77. The Kier molecular flexibility index (Phi) is 4.44. The largest absolute Gasteiger partial charge is 0.435 e. The zero-order valence-corrected chi connectivity index (χ0v) is 11.8. The van der Waals surface area contributed by atoms with Gasteiger partial charge in [0.2, 0.25) is 0 Å². The van der Waals surface area contributed by atoms with Crippen molar-refractivity contribution in [2.24, 2.45) is 0 Å². The Labute approximate surface area is 119 Å². The van der Waals surface area contributed by atoms with Gasteiger partial charge in [0.15, 0.2) is 5.78 Å². The van der Waals surface area contributed by atoms with Crippen molar-refractivity contribution in [2.75, 3.05) is 0 Å². The minimum atomic E-state index is -2.90. The van der Waals surface area contributed by atoms with Crippen LogP contribution in [0.4, 0.5) is 8.78 Å². The highest BCUT2D eigenvalue weighted by Gasteiger charge is 2.13. The van der Waals surface area contributed by atoms with E-state index in [-0.39, 0.29) is 18.0 Å². The Balaban J connectivity index is 2.12. The van der Waals surface area contributed by atoms with Gasteiger partial charge in [-0.05, 0) is 26.0 Å². The molecule has 3 nitrogen and oxygen atoms in total. The molecule has 0 aliphatic rings. The summed E-state index contributed by atoms with van der Waals surface area (Å²) in [6, 6.07) is 5.81. The molecular formula is C14H13F2NO2S. The molecule has 0 aliphatic carbocycles. The Morgan fingerprint density at radius 3 is 2.75 bits per heavy atom. The number of hydrogen-bond donors (Lipinski definition) is 0. The van der Waals surface area contributed by atoms with Crippen molar-refractivity contribution >= 4 is 17.1 Å². The molecule has 0 unspecified atom stereocenters. The summed E-state index contributed by atoms with van der Waals surface area (Å²) >= 11 is 1.47. The van der Waals surface area contributed by atoms with Gasteiger partial charge >= 0.3 is 6.61 Å². The average molecular weight is 297 g/mol. The van der Waals surface area contributed by atoms with Crippen LogP contribution >= 0.6 is 11.3 Å². The van der Waals surface area contributed by atoms with E-state index in [0.717, 1.165) is 15.6 Å². The lowest BCUT2D eigenvalue weighted by atomic mass is 10.1. The van der Waals surface area contributed by atoms with Crippen LogP contribution in [0.2, 0.25) is 0 Å². The minimum Gasteiger partial charge on any atom is -0.435 e. The monoisotopic (exact) mass is 297 g/mol. The van der Waals surface area contributed by atoms with Crippen molar-refractivity contribution < 1.29 is 18.3 Å². The second kappa shape index (κ2) is 6.09. The first kappa shape index (κ1) is 14.6. The number of hydrogen-bond acceptors (Lipinski definition) is 4. The van der Waals surface area contributed by atoms with E-state index in [4.69, 9.17) is 0 Å². The van der Waals surface area contributed by atoms with E-state index in [2.05, 4.69) is 9.72 Å². The summed E-state index contributed by atoms with van der Waals surface area (Å²) in [5.74, 6) is -0.184. The molecule has 2 rings (SSSR count). The fourth-order valence-electron chi connectivity index (χ4n) is 1.70. The number of benzene rings is 1. The zero-order valence-electron chi connectivity index (χ0n) is 11.0. The molecule has 0 bridgehead atoms. The number of ketones is 1. The van der Waals surface area contributed by atoms with Gasteiger partial charge in [0.25, 0.3) is 0 Å². The van der Waals surface area contributed by atoms with E-state index >= 15 is 0 Å². The van der Waals surface area contributed by atoms with Crippen LogP contribution < -0.4 is 4.74 Å². The van der Waals surface area contributed by atoms with Crippen LogP contribution in [-0.2, 0) is 6.42 Å². The lowest BCUT2D eigenvalue weighted by molar-refractivity contribution is -0.0498. The van der Waals surface area contributed by atoms with Crippen molar-refractivity contribution in [1.29, 1.82) is 0 Å². The molecule has 1 aromatic carbocycles. The predicted molar refractivity (Wildman–Crippen MR) is 72.7 cm³/mol. The maximum Gasteiger partial charge on any atom is 0.387 e. The summed E-state index contributed by atoms with van der Waals surface area (Å²) in [4.78, 5) is 17.5. The van der Waals surface area contributed by atoms with E-state index in [1.165, 1.54) is 29.5 Å². The lowest BCUT2D eigenvalue weighted by Gasteiger charge is -2.05. The Bertz CT molecular complexity index is 606. The molecule has 0 spiro atoms. The fraction of sp³-hybridized carbons (Fsp3) is 0.286. The molecule has 1 heterocycles. The molecule has 6 heteroatoms. The number of halogens is 2. The quantitative estimate of drug-likeness (QED) is 0.788. The molecule has 0 saturated carbocycles. The number of carbonyl (C=O) groups is 1. The second-order valence-corrected chi connectivity index (χ2v) is 5.54. The van der Waals surface area contributed by atoms with Gasteiger partial charge in [0.05, 0.1) is 12.1 Å². The number of thiazole rings is 1. The van der Waals surface area contributed by atoms with E-state index < -0.39 is 6.61 Å². The van der Waals surface area contributed by atoms with Gasteiger partial charge in [0.1, 0.15) is 10.8 Å². The maximum absolute atomic E-state index is 12.1. The van der Waals surface area contributed by atoms with Crippen LogP contribution in [0.1, 0.15) is 25.9 Å². The minimum absolute atomic E-state index is 0.0163. The number of nitrogens with zero attached hydrogens (tertiary/aromatic N) is 1. The number of carbonyl (C=O) groups excluding carboxylic acids is 1. The first-order chi connectivity index (χ1) is 9.45. The molecule has 0 saturated heterocycles. The summed E-state index contributed by atoms with van der Waals surface area (Å²) in [6.07, 6.45) is 0.164. The molecule has 0 fully saturated rings. The molecule has 0 aliphatic heterocycles. The number of aromatic nitrogens is 1. The summed E-state index contributed by atoms with van der Waals surface area (Å²) in [6.45, 7) is 0.930. The third kappa shape index (κ3) is 3.60. The van der Waals surface area contributed by atoms with Crippen LogP contribution in [0.3, 0.4) is 0 Å². The Morgan fingerprint density at radius 1 is 1.40 bits per heavy atom. The van der Waals surface area contributed by atoms with E-state index in [0.29, 0.717) is 5.56 Å². The predicted octanol–water partition coefficient (Wildman–Crippen LogP) is 3.79. The van der Waals surface area contributed by atoms with Crippen LogP contribution in [0, 0.1) is 13.8 Å². The van der Waals surface area contributed by atoms with Crippen molar-refractivity contribution in [3.63, 3.8) is 0 Å². The Morgan fingerprint density at radius 2 is 2.15 bits per heavy atom. The van der Waals surface area contributed by atoms with Gasteiger partial charge in [0, 0.05) is 10.4 Å². The number of aryl methyl sites for hydroxylation is 2. The summed E-state index contributed by atoms with van der Waals surface area (Å²) in [7, 11) is 0.